The summed E-state index contributed by atoms with van der Waals surface area (Å²) < 4.78 is 6.32. The molecule has 0 atom stereocenters. The maximum atomic E-state index is 6.32. The Balaban J connectivity index is 1.14. The fourth-order valence-electron chi connectivity index (χ4n) is 11.1. The summed E-state index contributed by atoms with van der Waals surface area (Å²) >= 11 is 0. The molecule has 0 spiro atoms. The summed E-state index contributed by atoms with van der Waals surface area (Å²) in [5, 5.41) is 2.31. The zero-order chi connectivity index (χ0) is 44.0. The second-order valence-corrected chi connectivity index (χ2v) is 22.2. The minimum Gasteiger partial charge on any atom is -0.456 e. The Kier molecular flexibility index (Phi) is 8.54. The van der Waals surface area contributed by atoms with Crippen molar-refractivity contribution < 1.29 is 4.42 Å². The number of hydrogen-bond donors (Lipinski definition) is 0. The molecule has 3 nitrogen and oxygen atoms in total. The SMILES string of the molecule is Cc1cc2c3c(c1)N(c1ccc4c(c1)C(C)(C)CCC4(C)C)c1ccc(C(C)(C)C)cc1B3c1cc(C(C)(C)C)ccc1N2c1ccc(-c2ccc3c(c2)oc2ccccc23)cc1. The van der Waals surface area contributed by atoms with Crippen LogP contribution in [0.1, 0.15) is 110 Å². The van der Waals surface area contributed by atoms with Crippen molar-refractivity contribution in [3.8, 4) is 11.1 Å². The summed E-state index contributed by atoms with van der Waals surface area (Å²) in [6, 6.07) is 51.1. The Labute approximate surface area is 374 Å². The van der Waals surface area contributed by atoms with Crippen LogP contribution in [0.3, 0.4) is 0 Å². The van der Waals surface area contributed by atoms with Crippen LogP contribution in [0.4, 0.5) is 34.1 Å². The summed E-state index contributed by atoms with van der Waals surface area (Å²) in [5.41, 5.74) is 22.8. The third-order valence-electron chi connectivity index (χ3n) is 14.9. The highest BCUT2D eigenvalue weighted by Crippen LogP contribution is 2.50. The minimum atomic E-state index is -0.0145. The van der Waals surface area contributed by atoms with E-state index in [0.29, 0.717) is 0 Å². The predicted octanol–water partition coefficient (Wildman–Crippen LogP) is 14.6. The second-order valence-electron chi connectivity index (χ2n) is 22.2. The van der Waals surface area contributed by atoms with E-state index in [4.69, 9.17) is 4.42 Å². The first-order valence-electron chi connectivity index (χ1n) is 23.1. The van der Waals surface area contributed by atoms with Crippen molar-refractivity contribution in [1.29, 1.82) is 0 Å². The van der Waals surface area contributed by atoms with Gasteiger partial charge in [0, 0.05) is 44.9 Å². The molecule has 0 amide bonds. The molecule has 7 aromatic carbocycles. The van der Waals surface area contributed by atoms with Gasteiger partial charge in [-0.2, -0.15) is 0 Å². The van der Waals surface area contributed by atoms with Crippen molar-refractivity contribution in [1.82, 2.24) is 0 Å². The minimum absolute atomic E-state index is 0.00879. The molecule has 63 heavy (non-hydrogen) atoms. The largest absolute Gasteiger partial charge is 0.456 e. The lowest BCUT2D eigenvalue weighted by atomic mass is 9.33. The lowest BCUT2D eigenvalue weighted by Gasteiger charge is -2.46. The van der Waals surface area contributed by atoms with Gasteiger partial charge >= 0.3 is 0 Å². The summed E-state index contributed by atoms with van der Waals surface area (Å²) in [5.74, 6) is 0. The van der Waals surface area contributed by atoms with Gasteiger partial charge < -0.3 is 14.2 Å². The predicted molar refractivity (Wildman–Crippen MR) is 271 cm³/mol. The van der Waals surface area contributed by atoms with Gasteiger partial charge in [-0.1, -0.05) is 136 Å². The van der Waals surface area contributed by atoms with Gasteiger partial charge in [0.1, 0.15) is 11.2 Å². The van der Waals surface area contributed by atoms with Gasteiger partial charge in [0.2, 0.25) is 0 Å². The molecule has 1 aromatic heterocycles. The Morgan fingerprint density at radius 2 is 1.03 bits per heavy atom. The topological polar surface area (TPSA) is 19.6 Å². The van der Waals surface area contributed by atoms with Gasteiger partial charge in [0.25, 0.3) is 6.71 Å². The molecule has 1 aliphatic carbocycles. The standard InChI is InChI=1S/C59H59BN2O/c1-36-30-51-55-52(31-36)62(42-23-25-45-46(35-42)59(10,11)29-28-58(45,8)9)50-27-20-40(57(5,6)7)34-48(50)60(55)47-33-39(56(2,3)4)19-26-49(47)61(51)41-21-16-37(17-22-41)38-18-24-44-43-14-12-13-15-53(43)63-54(44)32-38/h12-27,30-35H,28-29H2,1-11H3. The molecule has 3 heterocycles. The number of fused-ring (bicyclic) bond motifs is 8. The van der Waals surface area contributed by atoms with E-state index in [1.165, 1.54) is 91.0 Å². The Morgan fingerprint density at radius 3 is 1.65 bits per heavy atom. The van der Waals surface area contributed by atoms with Crippen molar-refractivity contribution in [3.63, 3.8) is 0 Å². The van der Waals surface area contributed by atoms with E-state index < -0.39 is 0 Å². The van der Waals surface area contributed by atoms with Gasteiger partial charge in [-0.05, 0) is 163 Å². The molecule has 4 heteroatoms. The van der Waals surface area contributed by atoms with E-state index in [-0.39, 0.29) is 28.4 Å². The Bertz CT molecular complexity index is 3170. The van der Waals surface area contributed by atoms with Crippen LogP contribution in [0.2, 0.25) is 0 Å². The van der Waals surface area contributed by atoms with Crippen LogP contribution < -0.4 is 26.2 Å². The van der Waals surface area contributed by atoms with Gasteiger partial charge in [0.05, 0.1) is 0 Å². The molecule has 0 saturated heterocycles. The number of benzene rings is 7. The highest BCUT2D eigenvalue weighted by molar-refractivity contribution is 7.00. The van der Waals surface area contributed by atoms with Crippen LogP contribution >= 0.6 is 0 Å². The first kappa shape index (κ1) is 39.8. The Morgan fingerprint density at radius 1 is 0.492 bits per heavy atom. The van der Waals surface area contributed by atoms with Crippen LogP contribution in [-0.2, 0) is 21.7 Å². The maximum absolute atomic E-state index is 6.32. The molecular formula is C59H59BN2O. The number of hydrogen-bond acceptors (Lipinski definition) is 3. The van der Waals surface area contributed by atoms with Gasteiger partial charge in [-0.3, -0.25) is 0 Å². The molecule has 314 valence electrons. The van der Waals surface area contributed by atoms with Crippen LogP contribution in [0.5, 0.6) is 0 Å². The lowest BCUT2D eigenvalue weighted by molar-refractivity contribution is 0.332. The van der Waals surface area contributed by atoms with E-state index in [0.717, 1.165) is 33.2 Å². The first-order chi connectivity index (χ1) is 29.9. The normalized spacial score (nSPS) is 16.2. The van der Waals surface area contributed by atoms with E-state index >= 15 is 0 Å². The number of anilines is 6. The molecule has 0 fully saturated rings. The monoisotopic (exact) mass is 822 g/mol. The third-order valence-corrected chi connectivity index (χ3v) is 14.9. The second kappa shape index (κ2) is 13.5. The fourth-order valence-corrected chi connectivity index (χ4v) is 11.1. The highest BCUT2D eigenvalue weighted by Gasteiger charge is 2.45. The average Bonchev–Trinajstić information content (AvgIpc) is 3.62. The number of para-hydroxylation sites is 1. The fraction of sp³-hybridized carbons (Fsp3) is 0.288. The molecule has 0 N–H and O–H groups in total. The van der Waals surface area contributed by atoms with Crippen molar-refractivity contribution in [2.75, 3.05) is 9.80 Å². The molecule has 8 aromatic rings. The molecule has 0 saturated carbocycles. The van der Waals surface area contributed by atoms with Crippen LogP contribution in [0, 0.1) is 6.92 Å². The number of nitrogens with zero attached hydrogens (tertiary/aromatic N) is 2. The van der Waals surface area contributed by atoms with Crippen molar-refractivity contribution in [3.05, 3.63) is 161 Å². The van der Waals surface area contributed by atoms with Crippen LogP contribution in [0.25, 0.3) is 33.1 Å². The molecule has 0 radical (unpaired) electrons. The number of furan rings is 1. The van der Waals surface area contributed by atoms with Gasteiger partial charge in [0.15, 0.2) is 0 Å². The van der Waals surface area contributed by atoms with Crippen molar-refractivity contribution in [2.24, 2.45) is 0 Å². The summed E-state index contributed by atoms with van der Waals surface area (Å²) in [6.07, 6.45) is 2.38. The van der Waals surface area contributed by atoms with Crippen LogP contribution in [-0.4, -0.2) is 6.71 Å². The molecule has 2 aliphatic heterocycles. The van der Waals surface area contributed by atoms with Gasteiger partial charge in [-0.25, -0.2) is 0 Å². The average molecular weight is 823 g/mol. The number of rotatable bonds is 3. The summed E-state index contributed by atoms with van der Waals surface area (Å²) in [4.78, 5) is 5.15. The zero-order valence-electron chi connectivity index (χ0n) is 39.0. The van der Waals surface area contributed by atoms with E-state index in [9.17, 15) is 0 Å². The molecule has 0 bridgehead atoms. The lowest BCUT2D eigenvalue weighted by Crippen LogP contribution is -2.61. The molecule has 0 unspecified atom stereocenters. The molecular weight excluding hydrogens is 763 g/mol. The first-order valence-corrected chi connectivity index (χ1v) is 23.1. The third kappa shape index (κ3) is 6.22. The van der Waals surface area contributed by atoms with Crippen molar-refractivity contribution in [2.45, 2.75) is 111 Å². The smallest absolute Gasteiger partial charge is 0.252 e. The van der Waals surface area contributed by atoms with Crippen LogP contribution in [0.15, 0.2) is 138 Å². The van der Waals surface area contributed by atoms with Gasteiger partial charge in [-0.15, -0.1) is 0 Å². The molecule has 11 rings (SSSR count). The van der Waals surface area contributed by atoms with E-state index in [1.54, 1.807) is 0 Å². The van der Waals surface area contributed by atoms with Crippen molar-refractivity contribution >= 4 is 79.2 Å². The summed E-state index contributed by atoms with van der Waals surface area (Å²) in [6.45, 7) is 26.1. The zero-order valence-corrected chi connectivity index (χ0v) is 39.0. The Hall–Kier alpha value is -6.00. The quantitative estimate of drug-likeness (QED) is 0.166. The van der Waals surface area contributed by atoms with E-state index in [2.05, 4.69) is 213 Å². The number of aryl methyl sites for hydroxylation is 1. The molecule has 3 aliphatic rings. The summed E-state index contributed by atoms with van der Waals surface area (Å²) in [7, 11) is 0. The highest BCUT2D eigenvalue weighted by atomic mass is 16.3. The van der Waals surface area contributed by atoms with E-state index in [1.807, 2.05) is 6.07 Å². The maximum Gasteiger partial charge on any atom is 0.252 e.